The molecule has 6 nitrogen and oxygen atoms in total. The first kappa shape index (κ1) is 22.7. The van der Waals surface area contributed by atoms with E-state index in [4.69, 9.17) is 4.98 Å². The first-order valence-electron chi connectivity index (χ1n) is 10.6. The number of aryl methyl sites for hydroxylation is 1. The molecule has 2 aromatic rings. The van der Waals surface area contributed by atoms with Crippen LogP contribution in [0.2, 0.25) is 0 Å². The molecule has 0 aliphatic carbocycles. The molecule has 0 aliphatic rings. The SMILES string of the molecule is C=C(C)C(=O)NCCCCCc1nc2ccccc2n1CC(=O)N(C)CCCC. The molecule has 6 heteroatoms. The van der Waals surface area contributed by atoms with Crippen LogP contribution in [0.5, 0.6) is 0 Å². The largest absolute Gasteiger partial charge is 0.352 e. The molecule has 0 fully saturated rings. The number of hydrogen-bond acceptors (Lipinski definition) is 3. The fraction of sp³-hybridized carbons (Fsp3) is 0.522. The van der Waals surface area contributed by atoms with Crippen LogP contribution in [0.25, 0.3) is 11.0 Å². The molecule has 0 aliphatic heterocycles. The predicted molar refractivity (Wildman–Crippen MR) is 118 cm³/mol. The number of carbonyl (C=O) groups is 2. The van der Waals surface area contributed by atoms with E-state index in [1.807, 2.05) is 36.2 Å². The molecular weight excluding hydrogens is 364 g/mol. The van der Waals surface area contributed by atoms with Gasteiger partial charge in [-0.1, -0.05) is 38.5 Å². The van der Waals surface area contributed by atoms with Crippen LogP contribution in [0, 0.1) is 0 Å². The average molecular weight is 399 g/mol. The standard InChI is InChI=1S/C23H34N4O2/c1-5-6-16-26(4)22(28)17-27-20-13-10-9-12-19(20)25-21(27)14-8-7-11-15-24-23(29)18(2)3/h9-10,12-13H,2,5-8,11,14-17H2,1,3-4H3,(H,24,29). The maximum atomic E-state index is 12.7. The molecule has 2 rings (SSSR count). The molecule has 2 amide bonds. The fourth-order valence-electron chi connectivity index (χ4n) is 3.21. The molecule has 158 valence electrons. The molecule has 0 saturated heterocycles. The van der Waals surface area contributed by atoms with E-state index < -0.39 is 0 Å². The van der Waals surface area contributed by atoms with Gasteiger partial charge in [0, 0.05) is 32.1 Å². The summed E-state index contributed by atoms with van der Waals surface area (Å²) >= 11 is 0. The Bertz CT molecular complexity index is 841. The Labute approximate surface area is 174 Å². The van der Waals surface area contributed by atoms with Crippen molar-refractivity contribution in [3.8, 4) is 0 Å². The molecule has 0 unspecified atom stereocenters. The molecule has 1 aromatic carbocycles. The molecular formula is C23H34N4O2. The van der Waals surface area contributed by atoms with Gasteiger partial charge in [0.15, 0.2) is 0 Å². The van der Waals surface area contributed by atoms with Crippen molar-refractivity contribution >= 4 is 22.8 Å². The summed E-state index contributed by atoms with van der Waals surface area (Å²) in [7, 11) is 1.87. The molecule has 1 aromatic heterocycles. The highest BCUT2D eigenvalue weighted by Gasteiger charge is 2.15. The van der Waals surface area contributed by atoms with E-state index in [0.29, 0.717) is 18.7 Å². The van der Waals surface area contributed by atoms with Gasteiger partial charge in [-0.05, 0) is 38.3 Å². The van der Waals surface area contributed by atoms with E-state index in [2.05, 4.69) is 23.4 Å². The van der Waals surface area contributed by atoms with E-state index in [9.17, 15) is 9.59 Å². The first-order chi connectivity index (χ1) is 13.9. The Balaban J connectivity index is 1.96. The van der Waals surface area contributed by atoms with Gasteiger partial charge in [0.2, 0.25) is 11.8 Å². The van der Waals surface area contributed by atoms with Crippen LogP contribution >= 0.6 is 0 Å². The number of hydrogen-bond donors (Lipinski definition) is 1. The van der Waals surface area contributed by atoms with Crippen LogP contribution in [-0.4, -0.2) is 46.4 Å². The summed E-state index contributed by atoms with van der Waals surface area (Å²) in [5.41, 5.74) is 2.47. The van der Waals surface area contributed by atoms with Crippen molar-refractivity contribution < 1.29 is 9.59 Å². The molecule has 0 saturated carbocycles. The fourth-order valence-corrected chi connectivity index (χ4v) is 3.21. The van der Waals surface area contributed by atoms with Crippen molar-refractivity contribution in [3.63, 3.8) is 0 Å². The summed E-state index contributed by atoms with van der Waals surface area (Å²) in [6.07, 6.45) is 5.77. The number of benzene rings is 1. The topological polar surface area (TPSA) is 67.2 Å². The summed E-state index contributed by atoms with van der Waals surface area (Å²) in [5.74, 6) is 0.984. The number of unbranched alkanes of at least 4 members (excludes halogenated alkanes) is 3. The van der Waals surface area contributed by atoms with Crippen molar-refractivity contribution in [3.05, 3.63) is 42.2 Å². The Morgan fingerprint density at radius 1 is 1.17 bits per heavy atom. The lowest BCUT2D eigenvalue weighted by molar-refractivity contribution is -0.130. The Kier molecular flexibility index (Phi) is 8.90. The van der Waals surface area contributed by atoms with Gasteiger partial charge in [-0.25, -0.2) is 4.98 Å². The second kappa shape index (κ2) is 11.4. The van der Waals surface area contributed by atoms with E-state index in [0.717, 1.165) is 61.9 Å². The highest BCUT2D eigenvalue weighted by molar-refractivity contribution is 5.92. The van der Waals surface area contributed by atoms with E-state index in [1.165, 1.54) is 0 Å². The van der Waals surface area contributed by atoms with Crippen LogP contribution in [0.1, 0.15) is 51.8 Å². The third-order valence-corrected chi connectivity index (χ3v) is 5.05. The number of amides is 2. The van der Waals surface area contributed by atoms with Crippen LogP contribution in [-0.2, 0) is 22.6 Å². The third-order valence-electron chi connectivity index (χ3n) is 5.05. The summed E-state index contributed by atoms with van der Waals surface area (Å²) in [6, 6.07) is 7.98. The van der Waals surface area contributed by atoms with Crippen molar-refractivity contribution in [2.75, 3.05) is 20.1 Å². The Morgan fingerprint density at radius 3 is 2.66 bits per heavy atom. The Morgan fingerprint density at radius 2 is 1.93 bits per heavy atom. The summed E-state index contributed by atoms with van der Waals surface area (Å²) in [5, 5.41) is 2.86. The minimum Gasteiger partial charge on any atom is -0.352 e. The van der Waals surface area contributed by atoms with Crippen LogP contribution < -0.4 is 5.32 Å². The number of aromatic nitrogens is 2. The summed E-state index contributed by atoms with van der Waals surface area (Å²) in [4.78, 5) is 30.8. The first-order valence-corrected chi connectivity index (χ1v) is 10.6. The second-order valence-corrected chi connectivity index (χ2v) is 7.62. The van der Waals surface area contributed by atoms with E-state index in [-0.39, 0.29) is 11.8 Å². The maximum absolute atomic E-state index is 12.7. The summed E-state index contributed by atoms with van der Waals surface area (Å²) < 4.78 is 2.06. The normalized spacial score (nSPS) is 10.9. The van der Waals surface area contributed by atoms with Crippen LogP contribution in [0.15, 0.2) is 36.4 Å². The second-order valence-electron chi connectivity index (χ2n) is 7.62. The van der Waals surface area contributed by atoms with Gasteiger partial charge in [-0.15, -0.1) is 0 Å². The highest BCUT2D eigenvalue weighted by atomic mass is 16.2. The molecule has 1 heterocycles. The van der Waals surface area contributed by atoms with Gasteiger partial charge in [0.25, 0.3) is 0 Å². The number of rotatable bonds is 12. The molecule has 0 spiro atoms. The van der Waals surface area contributed by atoms with Crippen LogP contribution in [0.4, 0.5) is 0 Å². The number of nitrogens with zero attached hydrogens (tertiary/aromatic N) is 3. The molecule has 0 radical (unpaired) electrons. The van der Waals surface area contributed by atoms with E-state index in [1.54, 1.807) is 6.92 Å². The number of nitrogens with one attached hydrogen (secondary N) is 1. The Hall–Kier alpha value is -2.63. The minimum atomic E-state index is -0.0857. The molecule has 0 bridgehead atoms. The molecule has 1 N–H and O–H groups in total. The third kappa shape index (κ3) is 6.73. The van der Waals surface area contributed by atoms with Gasteiger partial charge in [0.1, 0.15) is 12.4 Å². The van der Waals surface area contributed by atoms with E-state index >= 15 is 0 Å². The van der Waals surface area contributed by atoms with Gasteiger partial charge in [-0.2, -0.15) is 0 Å². The van der Waals surface area contributed by atoms with Crippen molar-refractivity contribution in [2.24, 2.45) is 0 Å². The zero-order valence-electron chi connectivity index (χ0n) is 18.0. The van der Waals surface area contributed by atoms with Gasteiger partial charge in [0.05, 0.1) is 11.0 Å². The van der Waals surface area contributed by atoms with Crippen molar-refractivity contribution in [1.29, 1.82) is 0 Å². The minimum absolute atomic E-state index is 0.0857. The zero-order chi connectivity index (χ0) is 21.2. The average Bonchev–Trinajstić information content (AvgIpc) is 3.05. The number of likely N-dealkylation sites (N-methyl/N-ethyl adjacent to an activating group) is 1. The maximum Gasteiger partial charge on any atom is 0.246 e. The number of para-hydroxylation sites is 2. The lowest BCUT2D eigenvalue weighted by atomic mass is 10.2. The number of imidazole rings is 1. The van der Waals surface area contributed by atoms with Gasteiger partial charge < -0.3 is 14.8 Å². The quantitative estimate of drug-likeness (QED) is 0.438. The predicted octanol–water partition coefficient (Wildman–Crippen LogP) is 3.70. The van der Waals surface area contributed by atoms with Crippen molar-refractivity contribution in [1.82, 2.24) is 19.8 Å². The van der Waals surface area contributed by atoms with Gasteiger partial charge >= 0.3 is 0 Å². The lowest BCUT2D eigenvalue weighted by Gasteiger charge is -2.18. The molecule has 0 atom stereocenters. The van der Waals surface area contributed by atoms with Crippen LogP contribution in [0.3, 0.4) is 0 Å². The van der Waals surface area contributed by atoms with Gasteiger partial charge in [-0.3, -0.25) is 9.59 Å². The number of carbonyl (C=O) groups excluding carboxylic acids is 2. The number of fused-ring (bicyclic) bond motifs is 1. The zero-order valence-corrected chi connectivity index (χ0v) is 18.0. The summed E-state index contributed by atoms with van der Waals surface area (Å²) in [6.45, 7) is 9.24. The van der Waals surface area contributed by atoms with Crippen molar-refractivity contribution in [2.45, 2.75) is 58.9 Å². The monoisotopic (exact) mass is 398 g/mol. The highest BCUT2D eigenvalue weighted by Crippen LogP contribution is 2.18. The molecule has 29 heavy (non-hydrogen) atoms. The lowest BCUT2D eigenvalue weighted by Crippen LogP contribution is -2.31. The smallest absolute Gasteiger partial charge is 0.246 e.